The summed E-state index contributed by atoms with van der Waals surface area (Å²) in [6, 6.07) is 0.345. The Kier molecular flexibility index (Phi) is 4.72. The Balaban J connectivity index is 3.16. The van der Waals surface area contributed by atoms with Gasteiger partial charge in [-0.1, -0.05) is 0 Å². The van der Waals surface area contributed by atoms with E-state index in [1.165, 1.54) is 0 Å². The fourth-order valence-corrected chi connectivity index (χ4v) is 0.585. The Hall–Kier alpha value is -0.0800. The molecule has 0 aliphatic rings. The molecule has 0 spiro atoms. The van der Waals surface area contributed by atoms with Crippen LogP contribution >= 0.6 is 0 Å². The zero-order valence-corrected chi connectivity index (χ0v) is 6.30. The third-order valence-electron chi connectivity index (χ3n) is 1.43. The van der Waals surface area contributed by atoms with Gasteiger partial charge < -0.3 is 10.0 Å². The molecule has 9 heavy (non-hydrogen) atoms. The molecule has 1 radical (unpaired) electrons. The lowest BCUT2D eigenvalue weighted by Crippen LogP contribution is -2.24. The maximum atomic E-state index is 8.45. The number of aliphatic hydroxyl groups is 1. The summed E-state index contributed by atoms with van der Waals surface area (Å²) < 4.78 is 0. The molecule has 55 valence electrons. The molecule has 0 aromatic heterocycles. The van der Waals surface area contributed by atoms with E-state index in [0.29, 0.717) is 6.04 Å². The van der Waals surface area contributed by atoms with Crippen molar-refractivity contribution in [1.29, 1.82) is 0 Å². The second-order valence-corrected chi connectivity index (χ2v) is 2.48. The molecule has 0 amide bonds. The van der Waals surface area contributed by atoms with Crippen LogP contribution in [0.25, 0.3) is 0 Å². The van der Waals surface area contributed by atoms with Crippen molar-refractivity contribution in [1.82, 2.24) is 4.90 Å². The normalized spacial score (nSPS) is 14.3. The van der Waals surface area contributed by atoms with Crippen LogP contribution in [0.5, 0.6) is 0 Å². The van der Waals surface area contributed by atoms with Crippen molar-refractivity contribution < 1.29 is 5.11 Å². The molecule has 1 N–H and O–H groups in total. The lowest BCUT2D eigenvalue weighted by atomic mass is 10.2. The Morgan fingerprint density at radius 1 is 1.56 bits per heavy atom. The highest BCUT2D eigenvalue weighted by Crippen LogP contribution is 1.99. The van der Waals surface area contributed by atoms with Crippen molar-refractivity contribution in [3.05, 3.63) is 6.92 Å². The minimum atomic E-state index is 0.278. The minimum absolute atomic E-state index is 0.278. The van der Waals surface area contributed by atoms with E-state index >= 15 is 0 Å². The first-order valence-electron chi connectivity index (χ1n) is 3.29. The predicted molar refractivity (Wildman–Crippen MR) is 39.2 cm³/mol. The van der Waals surface area contributed by atoms with Crippen molar-refractivity contribution in [2.24, 2.45) is 0 Å². The minimum Gasteiger partial charge on any atom is -0.396 e. The summed E-state index contributed by atoms with van der Waals surface area (Å²) >= 11 is 0. The molecule has 0 saturated heterocycles. The Bertz CT molecular complexity index is 63.9. The van der Waals surface area contributed by atoms with Gasteiger partial charge in [0.25, 0.3) is 0 Å². The van der Waals surface area contributed by atoms with E-state index in [1.54, 1.807) is 0 Å². The molecule has 1 unspecified atom stereocenters. The molecular formula is C7H16NO. The molecule has 0 bridgehead atoms. The summed E-state index contributed by atoms with van der Waals surface area (Å²) in [4.78, 5) is 2.05. The number of rotatable bonds is 4. The lowest BCUT2D eigenvalue weighted by Gasteiger charge is -2.18. The smallest absolute Gasteiger partial charge is 0.0431 e. The fourth-order valence-electron chi connectivity index (χ4n) is 0.585. The maximum absolute atomic E-state index is 8.45. The van der Waals surface area contributed by atoms with Crippen LogP contribution in [0.15, 0.2) is 0 Å². The molecule has 2 heteroatoms. The van der Waals surface area contributed by atoms with Crippen molar-refractivity contribution in [2.75, 3.05) is 20.7 Å². The van der Waals surface area contributed by atoms with Gasteiger partial charge in [0, 0.05) is 12.6 Å². The van der Waals surface area contributed by atoms with Gasteiger partial charge >= 0.3 is 0 Å². The summed E-state index contributed by atoms with van der Waals surface area (Å²) in [5.41, 5.74) is 0. The molecule has 0 fully saturated rings. The zero-order valence-electron chi connectivity index (χ0n) is 6.30. The summed E-state index contributed by atoms with van der Waals surface area (Å²) in [5, 5.41) is 8.45. The van der Waals surface area contributed by atoms with Gasteiger partial charge in [0.15, 0.2) is 0 Å². The number of aliphatic hydroxyl groups excluding tert-OH is 1. The molecule has 1 atom stereocenters. The quantitative estimate of drug-likeness (QED) is 0.600. The first-order valence-corrected chi connectivity index (χ1v) is 3.29. The van der Waals surface area contributed by atoms with Crippen LogP contribution in [0, 0.1) is 6.92 Å². The molecule has 0 saturated carbocycles. The maximum Gasteiger partial charge on any atom is 0.0431 e. The van der Waals surface area contributed by atoms with Crippen LogP contribution in [-0.2, 0) is 0 Å². The van der Waals surface area contributed by atoms with E-state index in [9.17, 15) is 0 Å². The van der Waals surface area contributed by atoms with Gasteiger partial charge in [-0.15, -0.1) is 0 Å². The average Bonchev–Trinajstić information content (AvgIpc) is 1.82. The molecule has 0 aliphatic heterocycles. The Morgan fingerprint density at radius 3 is 2.44 bits per heavy atom. The topological polar surface area (TPSA) is 23.5 Å². The molecule has 0 aromatic carbocycles. The lowest BCUT2D eigenvalue weighted by molar-refractivity contribution is 0.254. The van der Waals surface area contributed by atoms with Crippen LogP contribution in [0.2, 0.25) is 0 Å². The van der Waals surface area contributed by atoms with Gasteiger partial charge in [-0.2, -0.15) is 0 Å². The van der Waals surface area contributed by atoms with E-state index < -0.39 is 0 Å². The summed E-state index contributed by atoms with van der Waals surface area (Å²) in [5.74, 6) is 0. The Morgan fingerprint density at radius 2 is 2.11 bits per heavy atom. The van der Waals surface area contributed by atoms with Gasteiger partial charge in [0.05, 0.1) is 0 Å². The van der Waals surface area contributed by atoms with Gasteiger partial charge in [-0.3, -0.25) is 0 Å². The third kappa shape index (κ3) is 4.43. The third-order valence-corrected chi connectivity index (χ3v) is 1.43. The predicted octanol–water partition coefficient (Wildman–Crippen LogP) is 0.523. The standard InChI is InChI=1S/C7H16NO/c1-7(8(2)3)5-4-6-9/h7,9H,1,4-6H2,2-3H3. The second-order valence-electron chi connectivity index (χ2n) is 2.48. The van der Waals surface area contributed by atoms with Gasteiger partial charge in [-0.25, -0.2) is 0 Å². The van der Waals surface area contributed by atoms with Crippen LogP contribution in [0.3, 0.4) is 0 Å². The average molecular weight is 130 g/mol. The fraction of sp³-hybridized carbons (Fsp3) is 0.857. The van der Waals surface area contributed by atoms with Gasteiger partial charge in [0.1, 0.15) is 0 Å². The van der Waals surface area contributed by atoms with Crippen molar-refractivity contribution in [2.45, 2.75) is 18.9 Å². The first kappa shape index (κ1) is 8.92. The van der Waals surface area contributed by atoms with E-state index in [0.717, 1.165) is 12.8 Å². The zero-order chi connectivity index (χ0) is 7.28. The highest BCUT2D eigenvalue weighted by Gasteiger charge is 2.01. The van der Waals surface area contributed by atoms with E-state index in [1.807, 2.05) is 14.1 Å². The van der Waals surface area contributed by atoms with Crippen molar-refractivity contribution >= 4 is 0 Å². The molecule has 0 rings (SSSR count). The van der Waals surface area contributed by atoms with Gasteiger partial charge in [-0.05, 0) is 33.9 Å². The monoisotopic (exact) mass is 130 g/mol. The number of hydrogen-bond donors (Lipinski definition) is 1. The SMILES string of the molecule is [CH2]C(CCCO)N(C)C. The van der Waals surface area contributed by atoms with Crippen molar-refractivity contribution in [3.8, 4) is 0 Å². The number of nitrogens with zero attached hydrogens (tertiary/aromatic N) is 1. The number of hydrogen-bond acceptors (Lipinski definition) is 2. The summed E-state index contributed by atoms with van der Waals surface area (Å²) in [7, 11) is 3.99. The van der Waals surface area contributed by atoms with Crippen LogP contribution < -0.4 is 0 Å². The first-order chi connectivity index (χ1) is 4.18. The van der Waals surface area contributed by atoms with E-state index in [2.05, 4.69) is 11.8 Å². The van der Waals surface area contributed by atoms with Crippen LogP contribution in [-0.4, -0.2) is 36.8 Å². The Labute approximate surface area is 57.5 Å². The summed E-state index contributed by atoms with van der Waals surface area (Å²) in [6.07, 6.45) is 1.83. The second kappa shape index (κ2) is 4.77. The highest BCUT2D eigenvalue weighted by atomic mass is 16.2. The van der Waals surface area contributed by atoms with E-state index in [-0.39, 0.29) is 6.61 Å². The van der Waals surface area contributed by atoms with Crippen LogP contribution in [0.1, 0.15) is 12.8 Å². The van der Waals surface area contributed by atoms with Gasteiger partial charge in [0.2, 0.25) is 0 Å². The molecule has 2 nitrogen and oxygen atoms in total. The van der Waals surface area contributed by atoms with Crippen LogP contribution in [0.4, 0.5) is 0 Å². The highest BCUT2D eigenvalue weighted by molar-refractivity contribution is 4.66. The molecule has 0 aliphatic carbocycles. The molecule has 0 heterocycles. The molecular weight excluding hydrogens is 114 g/mol. The largest absolute Gasteiger partial charge is 0.396 e. The molecule has 0 aromatic rings. The van der Waals surface area contributed by atoms with Crippen molar-refractivity contribution in [3.63, 3.8) is 0 Å². The van der Waals surface area contributed by atoms with E-state index in [4.69, 9.17) is 5.11 Å². The summed E-state index contributed by atoms with van der Waals surface area (Å²) in [6.45, 7) is 4.17.